The average Bonchev–Trinajstić information content (AvgIpc) is 2.32. The number of rotatable bonds is 6. The van der Waals surface area contributed by atoms with Crippen LogP contribution in [0.15, 0.2) is 27.6 Å². The summed E-state index contributed by atoms with van der Waals surface area (Å²) >= 11 is 3.32. The van der Waals surface area contributed by atoms with E-state index in [-0.39, 0.29) is 16.0 Å². The normalized spacial score (nSPS) is 14.6. The predicted octanol–water partition coefficient (Wildman–Crippen LogP) is 4.64. The summed E-state index contributed by atoms with van der Waals surface area (Å²) in [5.41, 5.74) is 0. The van der Waals surface area contributed by atoms with Crippen LogP contribution in [0.25, 0.3) is 0 Å². The lowest BCUT2D eigenvalue weighted by molar-refractivity contribution is 0.129. The third kappa shape index (κ3) is 6.21. The summed E-state index contributed by atoms with van der Waals surface area (Å²) in [6, 6.07) is 4.87. The fourth-order valence-corrected chi connectivity index (χ4v) is 4.48. The number of hydrogen-bond acceptors (Lipinski definition) is 4. The van der Waals surface area contributed by atoms with E-state index in [1.54, 1.807) is 18.2 Å². The van der Waals surface area contributed by atoms with Gasteiger partial charge in [0.15, 0.2) is 18.2 Å². The molecule has 0 saturated carbocycles. The van der Waals surface area contributed by atoms with E-state index in [1.807, 2.05) is 6.92 Å². The number of hydrogen-bond donors (Lipinski definition) is 0. The standard InChI is InChI=1S/C16H27BrO4SSi/c1-12(21-23(6,7)16(2,3)4)11-20-14-8-13(17)9-15(10-14)22(5,18)19/h8-10,12H,11H2,1-7H3. The summed E-state index contributed by atoms with van der Waals surface area (Å²) in [5.74, 6) is 0.519. The molecule has 7 heteroatoms. The smallest absolute Gasteiger partial charge is 0.192 e. The fourth-order valence-electron chi connectivity index (χ4n) is 1.76. The molecule has 0 saturated heterocycles. The molecule has 1 rings (SSSR count). The van der Waals surface area contributed by atoms with Crippen molar-refractivity contribution in [3.05, 3.63) is 22.7 Å². The van der Waals surface area contributed by atoms with Gasteiger partial charge in [0.1, 0.15) is 12.4 Å². The van der Waals surface area contributed by atoms with Crippen molar-refractivity contribution in [2.45, 2.75) is 56.8 Å². The molecule has 1 atom stereocenters. The van der Waals surface area contributed by atoms with Crippen LogP contribution in [0.5, 0.6) is 5.75 Å². The monoisotopic (exact) mass is 422 g/mol. The maximum absolute atomic E-state index is 11.7. The third-order valence-corrected chi connectivity index (χ3v) is 10.2. The van der Waals surface area contributed by atoms with Gasteiger partial charge in [-0.2, -0.15) is 0 Å². The molecule has 0 spiro atoms. The second-order valence-electron chi connectivity index (χ2n) is 7.39. The van der Waals surface area contributed by atoms with Crippen LogP contribution < -0.4 is 4.74 Å². The molecule has 1 unspecified atom stereocenters. The Hall–Kier alpha value is -0.373. The van der Waals surface area contributed by atoms with Gasteiger partial charge in [-0.3, -0.25) is 0 Å². The van der Waals surface area contributed by atoms with Crippen molar-refractivity contribution in [2.75, 3.05) is 12.9 Å². The lowest BCUT2D eigenvalue weighted by Gasteiger charge is -2.38. The van der Waals surface area contributed by atoms with E-state index in [0.717, 1.165) is 0 Å². The highest BCUT2D eigenvalue weighted by Gasteiger charge is 2.38. The van der Waals surface area contributed by atoms with Gasteiger partial charge in [0.25, 0.3) is 0 Å². The Kier molecular flexibility index (Phi) is 6.52. The minimum absolute atomic E-state index is 0.0587. The van der Waals surface area contributed by atoms with E-state index in [1.165, 1.54) is 6.26 Å². The van der Waals surface area contributed by atoms with Gasteiger partial charge in [0.2, 0.25) is 0 Å². The van der Waals surface area contributed by atoms with E-state index < -0.39 is 18.2 Å². The molecule has 0 N–H and O–H groups in total. The Bertz CT molecular complexity index is 651. The zero-order valence-corrected chi connectivity index (χ0v) is 18.3. The molecule has 1 aromatic carbocycles. The van der Waals surface area contributed by atoms with Crippen molar-refractivity contribution in [2.24, 2.45) is 0 Å². The molecule has 0 bridgehead atoms. The predicted molar refractivity (Wildman–Crippen MR) is 100 cm³/mol. The van der Waals surface area contributed by atoms with E-state index in [4.69, 9.17) is 9.16 Å². The summed E-state index contributed by atoms with van der Waals surface area (Å²) in [5, 5.41) is 0.139. The average molecular weight is 423 g/mol. The molecule has 23 heavy (non-hydrogen) atoms. The van der Waals surface area contributed by atoms with Gasteiger partial charge >= 0.3 is 0 Å². The molecule has 0 aromatic heterocycles. The van der Waals surface area contributed by atoms with Crippen molar-refractivity contribution in [3.63, 3.8) is 0 Å². The summed E-state index contributed by atoms with van der Waals surface area (Å²) in [6.07, 6.45) is 1.12. The Morgan fingerprint density at radius 2 is 1.78 bits per heavy atom. The van der Waals surface area contributed by atoms with Gasteiger partial charge in [-0.15, -0.1) is 0 Å². The second kappa shape index (κ2) is 7.25. The zero-order valence-electron chi connectivity index (χ0n) is 14.9. The van der Waals surface area contributed by atoms with Crippen LogP contribution in [0, 0.1) is 0 Å². The van der Waals surface area contributed by atoms with Gasteiger partial charge in [-0.25, -0.2) is 8.42 Å². The highest BCUT2D eigenvalue weighted by atomic mass is 79.9. The van der Waals surface area contributed by atoms with Crippen molar-refractivity contribution in [1.82, 2.24) is 0 Å². The number of halogens is 1. The Balaban J connectivity index is 2.78. The number of sulfone groups is 1. The number of ether oxygens (including phenoxy) is 1. The molecule has 4 nitrogen and oxygen atoms in total. The molecule has 0 fully saturated rings. The summed E-state index contributed by atoms with van der Waals surface area (Å²) in [6.45, 7) is 13.3. The van der Waals surface area contributed by atoms with Crippen LogP contribution in [0.3, 0.4) is 0 Å². The highest BCUT2D eigenvalue weighted by molar-refractivity contribution is 9.10. The lowest BCUT2D eigenvalue weighted by atomic mass is 10.2. The van der Waals surface area contributed by atoms with Crippen LogP contribution in [0.4, 0.5) is 0 Å². The summed E-state index contributed by atoms with van der Waals surface area (Å²) in [4.78, 5) is 0.236. The van der Waals surface area contributed by atoms with Crippen molar-refractivity contribution in [1.29, 1.82) is 0 Å². The molecule has 0 heterocycles. The minimum Gasteiger partial charge on any atom is -0.491 e. The van der Waals surface area contributed by atoms with Gasteiger partial charge in [0.05, 0.1) is 11.0 Å². The van der Waals surface area contributed by atoms with Crippen molar-refractivity contribution >= 4 is 34.1 Å². The molecule has 132 valence electrons. The molecule has 0 aliphatic rings. The lowest BCUT2D eigenvalue weighted by Crippen LogP contribution is -2.44. The first kappa shape index (κ1) is 20.7. The Labute approximate surface area is 149 Å². The summed E-state index contributed by atoms with van der Waals surface area (Å²) < 4.78 is 36.0. The first-order chi connectivity index (χ1) is 10.2. The largest absolute Gasteiger partial charge is 0.491 e. The van der Waals surface area contributed by atoms with Gasteiger partial charge in [0, 0.05) is 10.7 Å². The number of benzene rings is 1. The van der Waals surface area contributed by atoms with Crippen LogP contribution >= 0.6 is 15.9 Å². The molecular weight excluding hydrogens is 396 g/mol. The third-order valence-electron chi connectivity index (χ3n) is 4.06. The summed E-state index contributed by atoms with van der Waals surface area (Å²) in [7, 11) is -5.11. The van der Waals surface area contributed by atoms with Crippen LogP contribution in [-0.2, 0) is 14.3 Å². The first-order valence-corrected chi connectivity index (χ1v) is 13.1. The topological polar surface area (TPSA) is 52.6 Å². The van der Waals surface area contributed by atoms with Gasteiger partial charge in [-0.1, -0.05) is 36.7 Å². The molecular formula is C16H27BrO4SSi. The highest BCUT2D eigenvalue weighted by Crippen LogP contribution is 2.37. The maximum atomic E-state index is 11.7. The van der Waals surface area contributed by atoms with Gasteiger partial charge < -0.3 is 9.16 Å². The van der Waals surface area contributed by atoms with Gasteiger partial charge in [-0.05, 0) is 43.3 Å². The Morgan fingerprint density at radius 3 is 2.26 bits per heavy atom. The van der Waals surface area contributed by atoms with Crippen molar-refractivity contribution in [3.8, 4) is 5.75 Å². The van der Waals surface area contributed by atoms with Crippen LogP contribution in [-0.4, -0.2) is 35.7 Å². The van der Waals surface area contributed by atoms with E-state index >= 15 is 0 Å². The first-order valence-electron chi connectivity index (χ1n) is 7.53. The SMILES string of the molecule is CC(COc1cc(Br)cc(S(C)(=O)=O)c1)O[Si](C)(C)C(C)(C)C. The van der Waals surface area contributed by atoms with E-state index in [9.17, 15) is 8.42 Å². The molecule has 0 radical (unpaired) electrons. The van der Waals surface area contributed by atoms with Crippen LogP contribution in [0.1, 0.15) is 27.7 Å². The molecule has 1 aromatic rings. The fraction of sp³-hybridized carbons (Fsp3) is 0.625. The maximum Gasteiger partial charge on any atom is 0.192 e. The van der Waals surface area contributed by atoms with Crippen molar-refractivity contribution < 1.29 is 17.6 Å². The quantitative estimate of drug-likeness (QED) is 0.626. The second-order valence-corrected chi connectivity index (χ2v) is 15.1. The van der Waals surface area contributed by atoms with E-state index in [0.29, 0.717) is 16.8 Å². The van der Waals surface area contributed by atoms with Crippen LogP contribution in [0.2, 0.25) is 18.1 Å². The molecule has 0 aliphatic heterocycles. The Morgan fingerprint density at radius 1 is 1.22 bits per heavy atom. The van der Waals surface area contributed by atoms with E-state index in [2.05, 4.69) is 49.8 Å². The zero-order chi connectivity index (χ0) is 18.1. The molecule has 0 amide bonds. The molecule has 0 aliphatic carbocycles. The minimum atomic E-state index is -3.27.